The molecule has 38 heavy (non-hydrogen) atoms. The molecule has 1 aliphatic carbocycles. The Kier molecular flexibility index (Phi) is 9.35. The van der Waals surface area contributed by atoms with Gasteiger partial charge in [0.2, 0.25) is 0 Å². The Labute approximate surface area is 222 Å². The first-order chi connectivity index (χ1) is 18.4. The predicted molar refractivity (Wildman–Crippen MR) is 141 cm³/mol. The van der Waals surface area contributed by atoms with E-state index in [-0.39, 0.29) is 35.7 Å². The van der Waals surface area contributed by atoms with Gasteiger partial charge in [-0.2, -0.15) is 0 Å². The maximum Gasteiger partial charge on any atom is 0.317 e. The van der Waals surface area contributed by atoms with Gasteiger partial charge in [-0.3, -0.25) is 14.4 Å². The summed E-state index contributed by atoms with van der Waals surface area (Å²) >= 11 is 0. The fourth-order valence-electron chi connectivity index (χ4n) is 5.05. The summed E-state index contributed by atoms with van der Waals surface area (Å²) in [5.41, 5.74) is 1.21. The van der Waals surface area contributed by atoms with E-state index in [4.69, 9.17) is 9.84 Å². The van der Waals surface area contributed by atoms with E-state index in [1.54, 1.807) is 29.2 Å². The van der Waals surface area contributed by atoms with Gasteiger partial charge in [-0.05, 0) is 62.8 Å². The number of nitrogens with one attached hydrogen (secondary N) is 2. The maximum absolute atomic E-state index is 12.6. The molecule has 0 bridgehead atoms. The van der Waals surface area contributed by atoms with Crippen molar-refractivity contribution in [2.24, 2.45) is 11.8 Å². The molecule has 202 valence electrons. The Morgan fingerprint density at radius 3 is 2.03 bits per heavy atom. The number of likely N-dealkylation sites (tertiary alicyclic amines) is 1. The zero-order valence-corrected chi connectivity index (χ0v) is 21.4. The van der Waals surface area contributed by atoms with Crippen LogP contribution in [0, 0.1) is 11.8 Å². The van der Waals surface area contributed by atoms with E-state index in [0.29, 0.717) is 81.6 Å². The molecular formula is C29H35N3O6. The quantitative estimate of drug-likeness (QED) is 0.341. The number of amides is 3. The first-order valence-electron chi connectivity index (χ1n) is 13.3. The van der Waals surface area contributed by atoms with Gasteiger partial charge in [-0.25, -0.2) is 4.79 Å². The van der Waals surface area contributed by atoms with Gasteiger partial charge in [0.1, 0.15) is 5.75 Å². The number of ether oxygens (including phenoxy) is 1. The summed E-state index contributed by atoms with van der Waals surface area (Å²) in [6.45, 7) is 1.64. The smallest absolute Gasteiger partial charge is 0.317 e. The van der Waals surface area contributed by atoms with Crippen molar-refractivity contribution in [1.29, 1.82) is 0 Å². The minimum Gasteiger partial charge on any atom is -0.490 e. The molecule has 1 saturated heterocycles. The van der Waals surface area contributed by atoms with Crippen LogP contribution in [0.2, 0.25) is 0 Å². The summed E-state index contributed by atoms with van der Waals surface area (Å²) in [5.74, 6) is -0.543. The molecule has 1 heterocycles. The number of Topliss-reactive ketones (excluding diaryl/α,β-unsaturated/α-hetero) is 1. The highest BCUT2D eigenvalue weighted by Crippen LogP contribution is 2.28. The van der Waals surface area contributed by atoms with Gasteiger partial charge in [0.05, 0.1) is 12.0 Å². The van der Waals surface area contributed by atoms with E-state index in [9.17, 15) is 19.2 Å². The average Bonchev–Trinajstić information content (AvgIpc) is 2.96. The van der Waals surface area contributed by atoms with Crippen molar-refractivity contribution in [3.63, 3.8) is 0 Å². The van der Waals surface area contributed by atoms with Crippen LogP contribution in [0.4, 0.5) is 4.79 Å². The molecule has 2 aromatic carbocycles. The fourth-order valence-corrected chi connectivity index (χ4v) is 5.05. The molecule has 1 aliphatic heterocycles. The van der Waals surface area contributed by atoms with Crippen molar-refractivity contribution >= 4 is 23.7 Å². The lowest BCUT2D eigenvalue weighted by Gasteiger charge is -2.31. The molecule has 4 rings (SSSR count). The van der Waals surface area contributed by atoms with Gasteiger partial charge in [-0.1, -0.05) is 30.3 Å². The number of urea groups is 1. The van der Waals surface area contributed by atoms with Gasteiger partial charge in [0.15, 0.2) is 5.78 Å². The molecule has 2 aliphatic rings. The van der Waals surface area contributed by atoms with Crippen LogP contribution in [0.15, 0.2) is 54.6 Å². The number of ketones is 1. The molecule has 9 heteroatoms. The summed E-state index contributed by atoms with van der Waals surface area (Å²) in [6, 6.07) is 15.9. The van der Waals surface area contributed by atoms with Crippen molar-refractivity contribution in [3.05, 3.63) is 65.7 Å². The van der Waals surface area contributed by atoms with Crippen LogP contribution in [0.1, 0.15) is 59.2 Å². The van der Waals surface area contributed by atoms with Crippen molar-refractivity contribution < 1.29 is 29.0 Å². The number of carboxylic acids is 1. The van der Waals surface area contributed by atoms with Crippen LogP contribution in [0.3, 0.4) is 0 Å². The van der Waals surface area contributed by atoms with Gasteiger partial charge in [0.25, 0.3) is 5.91 Å². The zero-order valence-electron chi connectivity index (χ0n) is 21.4. The Morgan fingerprint density at radius 2 is 1.39 bits per heavy atom. The Hall–Kier alpha value is -3.88. The molecule has 3 amide bonds. The Balaban J connectivity index is 1.12. The van der Waals surface area contributed by atoms with E-state index in [1.165, 1.54) is 0 Å². The zero-order chi connectivity index (χ0) is 26.9. The van der Waals surface area contributed by atoms with Crippen LogP contribution in [0.25, 0.3) is 0 Å². The van der Waals surface area contributed by atoms with Crippen LogP contribution in [-0.4, -0.2) is 66.0 Å². The van der Waals surface area contributed by atoms with E-state index in [1.807, 2.05) is 30.3 Å². The number of benzene rings is 2. The molecule has 0 aromatic heterocycles. The number of carboxylic acid groups (broad SMARTS) is 1. The summed E-state index contributed by atoms with van der Waals surface area (Å²) < 4.78 is 5.95. The third-order valence-electron chi connectivity index (χ3n) is 7.34. The van der Waals surface area contributed by atoms with Crippen molar-refractivity contribution in [2.45, 2.75) is 44.6 Å². The lowest BCUT2D eigenvalue weighted by atomic mass is 9.87. The largest absolute Gasteiger partial charge is 0.490 e. The molecule has 0 unspecified atom stereocenters. The first kappa shape index (κ1) is 27.2. The number of carbonyl (C=O) groups is 4. The Morgan fingerprint density at radius 1 is 0.763 bits per heavy atom. The lowest BCUT2D eigenvalue weighted by Crippen LogP contribution is -2.47. The number of aliphatic carboxylic acids is 1. The number of carbonyl (C=O) groups excluding carboxylic acids is 3. The highest BCUT2D eigenvalue weighted by molar-refractivity contribution is 5.98. The van der Waals surface area contributed by atoms with Crippen LogP contribution in [0.5, 0.6) is 5.75 Å². The average molecular weight is 522 g/mol. The van der Waals surface area contributed by atoms with Crippen molar-refractivity contribution in [1.82, 2.24) is 15.5 Å². The molecule has 0 radical (unpaired) electrons. The van der Waals surface area contributed by atoms with Crippen LogP contribution >= 0.6 is 0 Å². The van der Waals surface area contributed by atoms with Gasteiger partial charge < -0.3 is 25.4 Å². The fraction of sp³-hybridized carbons (Fsp3) is 0.448. The number of piperidine rings is 1. The number of hydrogen-bond acceptors (Lipinski definition) is 5. The van der Waals surface area contributed by atoms with Gasteiger partial charge in [-0.15, -0.1) is 0 Å². The molecular weight excluding hydrogens is 486 g/mol. The SMILES string of the molecule is O=C(NCCNC(=O)N1CCC(C(=O)c2ccccc2)CC1)c1ccc(OC2CCC(C(=O)O)CC2)cc1. The molecule has 9 nitrogen and oxygen atoms in total. The second-order valence-electron chi connectivity index (χ2n) is 9.93. The highest BCUT2D eigenvalue weighted by atomic mass is 16.5. The standard InChI is InChI=1S/C29H35N3O6/c33-26(20-4-2-1-3-5-20)21-14-18-32(19-15-21)29(37)31-17-16-30-27(34)22-6-10-24(11-7-22)38-25-12-8-23(9-13-25)28(35)36/h1-7,10-11,21,23,25H,8-9,12-19H2,(H,30,34)(H,31,37)(H,35,36). The molecule has 1 saturated carbocycles. The Bertz CT molecular complexity index is 1100. The van der Waals surface area contributed by atoms with Crippen LogP contribution < -0.4 is 15.4 Å². The van der Waals surface area contributed by atoms with E-state index >= 15 is 0 Å². The second kappa shape index (κ2) is 13.1. The topological polar surface area (TPSA) is 125 Å². The van der Waals surface area contributed by atoms with E-state index in [2.05, 4.69) is 10.6 Å². The maximum atomic E-state index is 12.6. The summed E-state index contributed by atoms with van der Waals surface area (Å²) in [7, 11) is 0. The normalized spacial score (nSPS) is 19.8. The summed E-state index contributed by atoms with van der Waals surface area (Å²) in [5, 5.41) is 14.7. The third kappa shape index (κ3) is 7.34. The molecule has 2 aromatic rings. The van der Waals surface area contributed by atoms with E-state index in [0.717, 1.165) is 0 Å². The second-order valence-corrected chi connectivity index (χ2v) is 9.93. The molecule has 0 spiro atoms. The van der Waals surface area contributed by atoms with Gasteiger partial charge in [0, 0.05) is 43.2 Å². The molecule has 3 N–H and O–H groups in total. The highest BCUT2D eigenvalue weighted by Gasteiger charge is 2.28. The van der Waals surface area contributed by atoms with Crippen molar-refractivity contribution in [3.8, 4) is 5.75 Å². The van der Waals surface area contributed by atoms with Gasteiger partial charge >= 0.3 is 12.0 Å². The number of nitrogens with zero attached hydrogens (tertiary/aromatic N) is 1. The number of rotatable bonds is 9. The van der Waals surface area contributed by atoms with Crippen LogP contribution in [-0.2, 0) is 4.79 Å². The summed E-state index contributed by atoms with van der Waals surface area (Å²) in [6.07, 6.45) is 3.90. The number of hydrogen-bond donors (Lipinski definition) is 3. The first-order valence-corrected chi connectivity index (χ1v) is 13.3. The van der Waals surface area contributed by atoms with E-state index < -0.39 is 5.97 Å². The summed E-state index contributed by atoms with van der Waals surface area (Å²) in [4.78, 5) is 50.3. The molecule has 0 atom stereocenters. The lowest BCUT2D eigenvalue weighted by molar-refractivity contribution is -0.143. The monoisotopic (exact) mass is 521 g/mol. The van der Waals surface area contributed by atoms with Crippen molar-refractivity contribution in [2.75, 3.05) is 26.2 Å². The minimum atomic E-state index is -0.741. The third-order valence-corrected chi connectivity index (χ3v) is 7.34. The predicted octanol–water partition coefficient (Wildman–Crippen LogP) is 3.74. The minimum absolute atomic E-state index is 0.0102. The molecule has 2 fully saturated rings.